The maximum Gasteiger partial charge on any atom is 0.231 e. The molecule has 7 heteroatoms. The van der Waals surface area contributed by atoms with Crippen LogP contribution in [0.5, 0.6) is 0 Å². The summed E-state index contributed by atoms with van der Waals surface area (Å²) in [4.78, 5) is 14.3. The number of nitrogens with one attached hydrogen (secondary N) is 1. The molecule has 0 bridgehead atoms. The zero-order valence-electron chi connectivity index (χ0n) is 11.1. The molecule has 1 unspecified atom stereocenters. The monoisotopic (exact) mass is 252 g/mol. The first kappa shape index (κ1) is 12.8. The largest absolute Gasteiger partial charge is 0.379 e. The predicted octanol–water partition coefficient (Wildman–Crippen LogP) is 0.501. The van der Waals surface area contributed by atoms with Gasteiger partial charge in [0.1, 0.15) is 0 Å². The average Bonchev–Trinajstić information content (AvgIpc) is 2.28. The summed E-state index contributed by atoms with van der Waals surface area (Å²) < 4.78 is 5.49. The number of nitrogens with two attached hydrogens (primary N) is 1. The van der Waals surface area contributed by atoms with E-state index in [1.165, 1.54) is 0 Å². The summed E-state index contributed by atoms with van der Waals surface area (Å²) in [6.07, 6.45) is 2.06. The zero-order chi connectivity index (χ0) is 13.2. The third kappa shape index (κ3) is 2.98. The highest BCUT2D eigenvalue weighted by Crippen LogP contribution is 2.23. The van der Waals surface area contributed by atoms with Crippen LogP contribution in [0.15, 0.2) is 0 Å². The molecule has 1 fully saturated rings. The van der Waals surface area contributed by atoms with Gasteiger partial charge in [0.25, 0.3) is 0 Å². The fraction of sp³-hybridized carbons (Fsp3) is 0.727. The van der Waals surface area contributed by atoms with Crippen molar-refractivity contribution in [2.24, 2.45) is 0 Å². The molecule has 1 aromatic rings. The van der Waals surface area contributed by atoms with Crippen molar-refractivity contribution in [3.8, 4) is 0 Å². The minimum atomic E-state index is -0.143. The highest BCUT2D eigenvalue weighted by Gasteiger charge is 2.28. The van der Waals surface area contributed by atoms with Crippen LogP contribution in [0.3, 0.4) is 0 Å². The minimum Gasteiger partial charge on any atom is -0.379 e. The summed E-state index contributed by atoms with van der Waals surface area (Å²) in [7, 11) is 3.73. The van der Waals surface area contributed by atoms with Crippen molar-refractivity contribution < 1.29 is 4.74 Å². The van der Waals surface area contributed by atoms with Gasteiger partial charge in [-0.1, -0.05) is 0 Å². The summed E-state index contributed by atoms with van der Waals surface area (Å²) in [5.41, 5.74) is 5.54. The lowest BCUT2D eigenvalue weighted by atomic mass is 9.95. The molecule has 1 aliphatic heterocycles. The molecular weight excluding hydrogens is 232 g/mol. The van der Waals surface area contributed by atoms with Gasteiger partial charge in [0.15, 0.2) is 0 Å². The third-order valence-corrected chi connectivity index (χ3v) is 2.89. The first-order valence-electron chi connectivity index (χ1n) is 6.03. The van der Waals surface area contributed by atoms with Crippen molar-refractivity contribution in [3.63, 3.8) is 0 Å². The van der Waals surface area contributed by atoms with Gasteiger partial charge in [-0.2, -0.15) is 15.0 Å². The summed E-state index contributed by atoms with van der Waals surface area (Å²) in [5, 5.41) is 3.30. The standard InChI is InChI=1S/C11H20N6O/c1-11(5-4-6-18-7-11)16-9-13-8(12)14-10(15-9)17(2)3/h4-7H2,1-3H3,(H3,12,13,14,15,16). The quantitative estimate of drug-likeness (QED) is 0.809. The Labute approximate surface area is 107 Å². The smallest absolute Gasteiger partial charge is 0.231 e. The molecule has 1 aromatic heterocycles. The van der Waals surface area contributed by atoms with Gasteiger partial charge in [0.2, 0.25) is 17.8 Å². The van der Waals surface area contributed by atoms with E-state index in [4.69, 9.17) is 10.5 Å². The van der Waals surface area contributed by atoms with E-state index in [0.717, 1.165) is 19.4 Å². The molecule has 100 valence electrons. The molecule has 1 saturated heterocycles. The molecule has 1 aliphatic rings. The minimum absolute atomic E-state index is 0.143. The zero-order valence-corrected chi connectivity index (χ0v) is 11.1. The second kappa shape index (κ2) is 4.93. The topological polar surface area (TPSA) is 89.2 Å². The fourth-order valence-corrected chi connectivity index (χ4v) is 1.94. The molecule has 3 N–H and O–H groups in total. The molecule has 1 atom stereocenters. The molecule has 0 saturated carbocycles. The summed E-state index contributed by atoms with van der Waals surface area (Å²) in [6.45, 7) is 3.57. The van der Waals surface area contributed by atoms with E-state index in [0.29, 0.717) is 18.5 Å². The second-order valence-electron chi connectivity index (χ2n) is 5.05. The average molecular weight is 252 g/mol. The van der Waals surface area contributed by atoms with E-state index < -0.39 is 0 Å². The van der Waals surface area contributed by atoms with Crippen LogP contribution in [-0.2, 0) is 4.74 Å². The molecule has 0 spiro atoms. The molecule has 0 amide bonds. The van der Waals surface area contributed by atoms with Crippen LogP contribution < -0.4 is 16.0 Å². The Hall–Kier alpha value is -1.63. The van der Waals surface area contributed by atoms with Crippen LogP contribution in [0.4, 0.5) is 17.8 Å². The third-order valence-electron chi connectivity index (χ3n) is 2.89. The summed E-state index contributed by atoms with van der Waals surface area (Å²) >= 11 is 0. The number of ether oxygens (including phenoxy) is 1. The van der Waals surface area contributed by atoms with Crippen molar-refractivity contribution in [2.75, 3.05) is 43.3 Å². The van der Waals surface area contributed by atoms with E-state index in [1.54, 1.807) is 4.90 Å². The van der Waals surface area contributed by atoms with Gasteiger partial charge in [0.05, 0.1) is 12.1 Å². The molecule has 2 rings (SSSR count). The fourth-order valence-electron chi connectivity index (χ4n) is 1.94. The maximum absolute atomic E-state index is 5.69. The van der Waals surface area contributed by atoms with Gasteiger partial charge in [-0.25, -0.2) is 0 Å². The highest BCUT2D eigenvalue weighted by atomic mass is 16.5. The lowest BCUT2D eigenvalue weighted by Crippen LogP contribution is -2.43. The van der Waals surface area contributed by atoms with E-state index in [9.17, 15) is 0 Å². The normalized spacial score (nSPS) is 23.7. The van der Waals surface area contributed by atoms with Gasteiger partial charge in [-0.3, -0.25) is 0 Å². The number of rotatable bonds is 3. The van der Waals surface area contributed by atoms with Crippen molar-refractivity contribution in [2.45, 2.75) is 25.3 Å². The molecule has 2 heterocycles. The number of hydrogen-bond acceptors (Lipinski definition) is 7. The van der Waals surface area contributed by atoms with E-state index in [-0.39, 0.29) is 11.5 Å². The first-order chi connectivity index (χ1) is 8.48. The Bertz CT molecular complexity index is 416. The molecule has 0 aliphatic carbocycles. The Morgan fingerprint density at radius 3 is 2.72 bits per heavy atom. The molecule has 0 radical (unpaired) electrons. The van der Waals surface area contributed by atoms with Crippen LogP contribution in [0.2, 0.25) is 0 Å². The van der Waals surface area contributed by atoms with Crippen molar-refractivity contribution >= 4 is 17.8 Å². The lowest BCUT2D eigenvalue weighted by molar-refractivity contribution is 0.0537. The van der Waals surface area contributed by atoms with E-state index in [2.05, 4.69) is 27.2 Å². The predicted molar refractivity (Wildman–Crippen MR) is 70.6 cm³/mol. The van der Waals surface area contributed by atoms with Crippen molar-refractivity contribution in [1.29, 1.82) is 0 Å². The summed E-state index contributed by atoms with van der Waals surface area (Å²) in [5.74, 6) is 1.26. The van der Waals surface area contributed by atoms with Crippen LogP contribution >= 0.6 is 0 Å². The number of nitrogens with zero attached hydrogens (tertiary/aromatic N) is 4. The molecule has 18 heavy (non-hydrogen) atoms. The van der Waals surface area contributed by atoms with E-state index >= 15 is 0 Å². The van der Waals surface area contributed by atoms with Crippen LogP contribution in [-0.4, -0.2) is 47.8 Å². The van der Waals surface area contributed by atoms with Crippen LogP contribution in [0.25, 0.3) is 0 Å². The Kier molecular flexibility index (Phi) is 3.51. The second-order valence-corrected chi connectivity index (χ2v) is 5.05. The number of anilines is 3. The van der Waals surface area contributed by atoms with Gasteiger partial charge in [-0.15, -0.1) is 0 Å². The highest BCUT2D eigenvalue weighted by molar-refractivity contribution is 5.42. The molecular formula is C11H20N6O. The number of hydrogen-bond donors (Lipinski definition) is 2. The van der Waals surface area contributed by atoms with Gasteiger partial charge >= 0.3 is 0 Å². The SMILES string of the molecule is CN(C)c1nc(N)nc(NC2(C)CCCOC2)n1. The Morgan fingerprint density at radius 2 is 2.11 bits per heavy atom. The first-order valence-corrected chi connectivity index (χ1v) is 6.03. The van der Waals surface area contributed by atoms with Crippen LogP contribution in [0, 0.1) is 0 Å². The number of aromatic nitrogens is 3. The Balaban J connectivity index is 2.17. The maximum atomic E-state index is 5.69. The van der Waals surface area contributed by atoms with Gasteiger partial charge < -0.3 is 20.7 Å². The summed E-state index contributed by atoms with van der Waals surface area (Å²) in [6, 6.07) is 0. The Morgan fingerprint density at radius 1 is 1.33 bits per heavy atom. The van der Waals surface area contributed by atoms with Crippen molar-refractivity contribution in [3.05, 3.63) is 0 Å². The lowest BCUT2D eigenvalue weighted by Gasteiger charge is -2.34. The van der Waals surface area contributed by atoms with E-state index in [1.807, 2.05) is 14.1 Å². The number of nitrogen functional groups attached to an aromatic ring is 1. The van der Waals surface area contributed by atoms with Gasteiger partial charge in [-0.05, 0) is 19.8 Å². The van der Waals surface area contributed by atoms with Crippen molar-refractivity contribution in [1.82, 2.24) is 15.0 Å². The molecule has 0 aromatic carbocycles. The van der Waals surface area contributed by atoms with Gasteiger partial charge in [0, 0.05) is 20.7 Å². The molecule has 7 nitrogen and oxygen atoms in total. The van der Waals surface area contributed by atoms with Crippen LogP contribution in [0.1, 0.15) is 19.8 Å².